The summed E-state index contributed by atoms with van der Waals surface area (Å²) in [6, 6.07) is 0.399. The number of carbonyl (C=O) groups excluding carboxylic acids is 1. The maximum absolute atomic E-state index is 13.1. The van der Waals surface area contributed by atoms with Crippen LogP contribution in [0, 0.1) is 24.7 Å². The molecule has 0 spiro atoms. The normalized spacial score (nSPS) is 33.3. The quantitative estimate of drug-likeness (QED) is 0.861. The molecule has 3 heterocycles. The van der Waals surface area contributed by atoms with Gasteiger partial charge in [0.05, 0.1) is 12.2 Å². The molecule has 4 aliphatic rings. The van der Waals surface area contributed by atoms with Crippen LogP contribution in [0.15, 0.2) is 4.52 Å². The van der Waals surface area contributed by atoms with E-state index in [-0.39, 0.29) is 5.91 Å². The third-order valence-corrected chi connectivity index (χ3v) is 5.84. The molecule has 2 aliphatic carbocycles. The summed E-state index contributed by atoms with van der Waals surface area (Å²) >= 11 is 0. The first-order chi connectivity index (χ1) is 10.7. The Bertz CT molecular complexity index is 568. The van der Waals surface area contributed by atoms with Crippen molar-refractivity contribution in [3.05, 3.63) is 17.0 Å². The van der Waals surface area contributed by atoms with E-state index in [4.69, 9.17) is 9.26 Å². The topological polar surface area (TPSA) is 55.6 Å². The zero-order valence-electron chi connectivity index (χ0n) is 13.4. The third kappa shape index (κ3) is 2.26. The molecule has 1 aromatic rings. The number of rotatable bonds is 3. The van der Waals surface area contributed by atoms with Crippen molar-refractivity contribution in [3.63, 3.8) is 0 Å². The van der Waals surface area contributed by atoms with E-state index in [2.05, 4.69) is 10.1 Å². The molecule has 2 saturated heterocycles. The summed E-state index contributed by atoms with van der Waals surface area (Å²) in [6.45, 7) is 3.12. The molecule has 22 heavy (non-hydrogen) atoms. The summed E-state index contributed by atoms with van der Waals surface area (Å²) in [4.78, 5) is 15.2. The number of amides is 1. The van der Waals surface area contributed by atoms with Gasteiger partial charge in [-0.1, -0.05) is 5.16 Å². The van der Waals surface area contributed by atoms with Crippen LogP contribution in [0.2, 0.25) is 0 Å². The number of fused-ring (bicyclic) bond motifs is 1. The van der Waals surface area contributed by atoms with Crippen LogP contribution in [-0.2, 0) is 11.3 Å². The monoisotopic (exact) mass is 304 g/mol. The first-order valence-electron chi connectivity index (χ1n) is 8.40. The smallest absolute Gasteiger partial charge is 0.276 e. The fourth-order valence-corrected chi connectivity index (χ4v) is 5.04. The standard InChI is InChI=1S/C17H24N2O3/c1-10-15(9-21-2)16(18-22-10)17(20)19-8-13-4-11-3-12(5-13)7-14(19)6-11/h11-14H,3-9H2,1-2H3/t11-,12+,13?,14?. The minimum atomic E-state index is 0.0436. The molecule has 4 atom stereocenters. The second kappa shape index (κ2) is 5.37. The second-order valence-electron chi connectivity index (χ2n) is 7.39. The predicted molar refractivity (Wildman–Crippen MR) is 80.3 cm³/mol. The van der Waals surface area contributed by atoms with Gasteiger partial charge in [0.2, 0.25) is 0 Å². The van der Waals surface area contributed by atoms with E-state index in [0.29, 0.717) is 30.0 Å². The summed E-state index contributed by atoms with van der Waals surface area (Å²) < 4.78 is 10.5. The molecule has 0 aromatic carbocycles. The van der Waals surface area contributed by atoms with Crippen LogP contribution >= 0.6 is 0 Å². The van der Waals surface area contributed by atoms with Crippen LogP contribution in [0.25, 0.3) is 0 Å². The summed E-state index contributed by atoms with van der Waals surface area (Å²) in [5.74, 6) is 3.07. The van der Waals surface area contributed by atoms with Gasteiger partial charge >= 0.3 is 0 Å². The number of methoxy groups -OCH3 is 1. The van der Waals surface area contributed by atoms with Crippen molar-refractivity contribution < 1.29 is 14.1 Å². The highest BCUT2D eigenvalue weighted by Crippen LogP contribution is 2.47. The third-order valence-electron chi connectivity index (χ3n) is 5.84. The van der Waals surface area contributed by atoms with Crippen LogP contribution in [0.5, 0.6) is 0 Å². The molecule has 120 valence electrons. The van der Waals surface area contributed by atoms with Gasteiger partial charge in [0.1, 0.15) is 5.76 Å². The highest BCUT2D eigenvalue weighted by molar-refractivity contribution is 5.94. The Morgan fingerprint density at radius 1 is 1.23 bits per heavy atom. The molecule has 4 bridgehead atoms. The lowest BCUT2D eigenvalue weighted by molar-refractivity contribution is 0.0618. The van der Waals surface area contributed by atoms with Gasteiger partial charge in [-0.15, -0.1) is 0 Å². The van der Waals surface area contributed by atoms with Crippen molar-refractivity contribution in [1.82, 2.24) is 10.1 Å². The lowest BCUT2D eigenvalue weighted by Gasteiger charge is -2.38. The minimum Gasteiger partial charge on any atom is -0.380 e. The van der Waals surface area contributed by atoms with E-state index in [0.717, 1.165) is 23.9 Å². The molecule has 0 N–H and O–H groups in total. The van der Waals surface area contributed by atoms with Crippen LogP contribution in [0.4, 0.5) is 0 Å². The van der Waals surface area contributed by atoms with Crippen LogP contribution in [0.3, 0.4) is 0 Å². The van der Waals surface area contributed by atoms with Crippen molar-refractivity contribution in [2.75, 3.05) is 13.7 Å². The molecule has 5 nitrogen and oxygen atoms in total. The zero-order valence-corrected chi connectivity index (χ0v) is 13.4. The van der Waals surface area contributed by atoms with Gasteiger partial charge in [-0.05, 0) is 56.8 Å². The predicted octanol–water partition coefficient (Wildman–Crippen LogP) is 2.78. The van der Waals surface area contributed by atoms with Crippen molar-refractivity contribution in [3.8, 4) is 0 Å². The molecule has 2 unspecified atom stereocenters. The summed E-state index contributed by atoms with van der Waals surface area (Å²) in [5.41, 5.74) is 1.26. The highest BCUT2D eigenvalue weighted by atomic mass is 16.5. The number of hydrogen-bond acceptors (Lipinski definition) is 4. The number of aromatic nitrogens is 1. The number of hydrogen-bond donors (Lipinski definition) is 0. The summed E-state index contributed by atoms with van der Waals surface area (Å²) in [7, 11) is 1.63. The van der Waals surface area contributed by atoms with Crippen molar-refractivity contribution >= 4 is 5.91 Å². The van der Waals surface area contributed by atoms with Gasteiger partial charge in [0, 0.05) is 19.7 Å². The Hall–Kier alpha value is -1.36. The molecule has 4 fully saturated rings. The maximum atomic E-state index is 13.1. The maximum Gasteiger partial charge on any atom is 0.276 e. The minimum absolute atomic E-state index is 0.0436. The molecule has 0 radical (unpaired) electrons. The van der Waals surface area contributed by atoms with E-state index < -0.39 is 0 Å². The van der Waals surface area contributed by atoms with Gasteiger partial charge in [-0.25, -0.2) is 0 Å². The van der Waals surface area contributed by atoms with Gasteiger partial charge in [0.15, 0.2) is 5.69 Å². The average molecular weight is 304 g/mol. The van der Waals surface area contributed by atoms with E-state index >= 15 is 0 Å². The fourth-order valence-electron chi connectivity index (χ4n) is 5.04. The largest absolute Gasteiger partial charge is 0.380 e. The Kier molecular flexibility index (Phi) is 3.48. The average Bonchev–Trinajstić information content (AvgIpc) is 2.72. The van der Waals surface area contributed by atoms with Crippen molar-refractivity contribution in [1.29, 1.82) is 0 Å². The zero-order chi connectivity index (χ0) is 15.3. The molecule has 2 saturated carbocycles. The number of ether oxygens (including phenoxy) is 1. The van der Waals surface area contributed by atoms with E-state index in [1.54, 1.807) is 7.11 Å². The summed E-state index contributed by atoms with van der Waals surface area (Å²) in [6.07, 6.45) is 6.34. The molecule has 5 rings (SSSR count). The van der Waals surface area contributed by atoms with Crippen LogP contribution in [0.1, 0.15) is 53.9 Å². The van der Waals surface area contributed by atoms with Crippen molar-refractivity contribution in [2.24, 2.45) is 17.8 Å². The molecular weight excluding hydrogens is 280 g/mol. The van der Waals surface area contributed by atoms with Gasteiger partial charge in [-0.2, -0.15) is 0 Å². The van der Waals surface area contributed by atoms with Crippen molar-refractivity contribution in [2.45, 2.75) is 51.7 Å². The second-order valence-corrected chi connectivity index (χ2v) is 7.39. The Balaban J connectivity index is 1.63. The lowest BCUT2D eigenvalue weighted by Crippen LogP contribution is -2.42. The van der Waals surface area contributed by atoms with E-state index in [9.17, 15) is 4.79 Å². The van der Waals surface area contributed by atoms with Gasteiger partial charge < -0.3 is 14.2 Å². The Morgan fingerprint density at radius 2 is 1.91 bits per heavy atom. The first kappa shape index (κ1) is 14.2. The first-order valence-corrected chi connectivity index (χ1v) is 8.40. The van der Waals surface area contributed by atoms with E-state index in [1.165, 1.54) is 32.1 Å². The number of aryl methyl sites for hydroxylation is 1. The van der Waals surface area contributed by atoms with Gasteiger partial charge in [-0.3, -0.25) is 4.79 Å². The van der Waals surface area contributed by atoms with E-state index in [1.807, 2.05) is 6.92 Å². The molecule has 1 amide bonds. The fraction of sp³-hybridized carbons (Fsp3) is 0.765. The molecule has 2 aliphatic heterocycles. The molecular formula is C17H24N2O3. The Morgan fingerprint density at radius 3 is 2.59 bits per heavy atom. The number of carbonyl (C=O) groups is 1. The van der Waals surface area contributed by atoms with Crippen LogP contribution < -0.4 is 0 Å². The Labute approximate surface area is 131 Å². The lowest BCUT2D eigenvalue weighted by atomic mass is 9.68. The number of nitrogens with zero attached hydrogens (tertiary/aromatic N) is 2. The van der Waals surface area contributed by atoms with Gasteiger partial charge in [0.25, 0.3) is 5.91 Å². The van der Waals surface area contributed by atoms with Crippen LogP contribution in [-0.4, -0.2) is 35.7 Å². The molecule has 5 heteroatoms. The summed E-state index contributed by atoms with van der Waals surface area (Å²) in [5, 5.41) is 4.04. The SMILES string of the molecule is COCc1c(C(=O)N2CC3C[C@@H]4CC2C[C@H](C3)C4)noc1C. The molecule has 1 aromatic heterocycles. The highest BCUT2D eigenvalue weighted by Gasteiger charge is 2.44.